The number of hydrogen-bond acceptors (Lipinski definition) is 4. The van der Waals surface area contributed by atoms with Crippen molar-refractivity contribution >= 4 is 51.3 Å². The van der Waals surface area contributed by atoms with Crippen molar-refractivity contribution < 1.29 is 4.79 Å². The van der Waals surface area contributed by atoms with Gasteiger partial charge in [-0.1, -0.05) is 86.5 Å². The third-order valence-corrected chi connectivity index (χ3v) is 8.91. The van der Waals surface area contributed by atoms with E-state index in [9.17, 15) is 4.79 Å². The molecule has 0 aliphatic rings. The van der Waals surface area contributed by atoms with Gasteiger partial charge in [0.15, 0.2) is 5.11 Å². The molecule has 0 fully saturated rings. The second-order valence-corrected chi connectivity index (χ2v) is 12.3. The zero-order valence-electron chi connectivity index (χ0n) is 26.0. The number of halogens is 1. The number of rotatable bonds is 12. The molecule has 0 bridgehead atoms. The van der Waals surface area contributed by atoms with E-state index >= 15 is 0 Å². The number of nitrogens with zero attached hydrogens (tertiary/aromatic N) is 4. The van der Waals surface area contributed by atoms with Gasteiger partial charge in [-0.05, 0) is 76.4 Å². The summed E-state index contributed by atoms with van der Waals surface area (Å²) in [6, 6.07) is 31.5. The molecule has 0 radical (unpaired) electrons. The molecule has 2 atom stereocenters. The molecule has 9 heteroatoms. The Kier molecular flexibility index (Phi) is 11.0. The summed E-state index contributed by atoms with van der Waals surface area (Å²) in [5.41, 5.74) is 4.46. The van der Waals surface area contributed by atoms with Crippen LogP contribution in [0.2, 0.25) is 5.02 Å². The molecule has 1 amide bonds. The van der Waals surface area contributed by atoms with Crippen molar-refractivity contribution in [3.8, 4) is 6.07 Å². The summed E-state index contributed by atoms with van der Waals surface area (Å²) in [6.45, 7) is 5.95. The van der Waals surface area contributed by atoms with Gasteiger partial charge in [0.25, 0.3) is 0 Å². The third-order valence-electron chi connectivity index (χ3n) is 8.29. The van der Waals surface area contributed by atoms with E-state index in [1.165, 1.54) is 10.8 Å². The molecule has 0 saturated heterocycles. The number of aromatic nitrogens is 2. The molecule has 7 nitrogen and oxygen atoms in total. The first-order valence-electron chi connectivity index (χ1n) is 15.4. The first-order chi connectivity index (χ1) is 22.3. The standard InChI is InChI=1S/C37H37ClN6OS/c1-3-26(2)35(42-36(45)19-33-21-40-25-44(33)22-28-13-11-27(20-39)12-14-28)24-43(37(46)41-32-17-15-31(38)16-18-32)23-30-9-6-8-29-7-4-5-10-34(29)30/h4-18,21,25-26,35H,3,19,22-24H2,1-2H3,(H,41,46)(H,42,45)/t26-,35+/m0/s1. The van der Waals surface area contributed by atoms with E-state index in [0.29, 0.717) is 35.3 Å². The Bertz CT molecular complexity index is 1820. The van der Waals surface area contributed by atoms with Gasteiger partial charge in [-0.25, -0.2) is 4.98 Å². The average molecular weight is 649 g/mol. The number of anilines is 1. The largest absolute Gasteiger partial charge is 0.351 e. The molecule has 0 spiro atoms. The van der Waals surface area contributed by atoms with Crippen LogP contribution < -0.4 is 10.6 Å². The summed E-state index contributed by atoms with van der Waals surface area (Å²) in [6.07, 6.45) is 4.56. The van der Waals surface area contributed by atoms with Crippen LogP contribution >= 0.6 is 23.8 Å². The highest BCUT2D eigenvalue weighted by Gasteiger charge is 2.24. The number of carbonyl (C=O) groups is 1. The SMILES string of the molecule is CC[C@H](C)[C@@H](CN(Cc1cccc2ccccc12)C(=S)Nc1ccc(Cl)cc1)NC(=O)Cc1cncn1Cc1ccc(C#N)cc1. The summed E-state index contributed by atoms with van der Waals surface area (Å²) in [4.78, 5) is 20.0. The molecule has 5 rings (SSSR count). The van der Waals surface area contributed by atoms with Crippen LogP contribution in [0.4, 0.5) is 5.69 Å². The van der Waals surface area contributed by atoms with Gasteiger partial charge in [0.2, 0.25) is 5.91 Å². The molecule has 1 aromatic heterocycles. The zero-order valence-corrected chi connectivity index (χ0v) is 27.6. The van der Waals surface area contributed by atoms with Crippen molar-refractivity contribution in [3.63, 3.8) is 0 Å². The monoisotopic (exact) mass is 648 g/mol. The smallest absolute Gasteiger partial charge is 0.226 e. The van der Waals surface area contributed by atoms with Crippen molar-refractivity contribution in [1.29, 1.82) is 5.26 Å². The van der Waals surface area contributed by atoms with Crippen LogP contribution in [0.3, 0.4) is 0 Å². The van der Waals surface area contributed by atoms with E-state index < -0.39 is 0 Å². The van der Waals surface area contributed by atoms with E-state index in [4.69, 9.17) is 29.1 Å². The minimum absolute atomic E-state index is 0.0754. The number of nitrogens with one attached hydrogen (secondary N) is 2. The summed E-state index contributed by atoms with van der Waals surface area (Å²) in [7, 11) is 0. The number of imidazole rings is 1. The fourth-order valence-corrected chi connectivity index (χ4v) is 5.81. The van der Waals surface area contributed by atoms with E-state index in [0.717, 1.165) is 28.9 Å². The van der Waals surface area contributed by atoms with Crippen LogP contribution in [-0.4, -0.2) is 38.1 Å². The Morgan fingerprint density at radius 3 is 2.52 bits per heavy atom. The van der Waals surface area contributed by atoms with E-state index in [1.807, 2.05) is 47.0 Å². The number of thiocarbonyl (C=S) groups is 1. The highest BCUT2D eigenvalue weighted by atomic mass is 35.5. The van der Waals surface area contributed by atoms with Crippen LogP contribution in [0.15, 0.2) is 104 Å². The molecule has 4 aromatic carbocycles. The quantitative estimate of drug-likeness (QED) is 0.136. The number of fused-ring (bicyclic) bond motifs is 1. The van der Waals surface area contributed by atoms with Crippen LogP contribution in [0.25, 0.3) is 10.8 Å². The van der Waals surface area contributed by atoms with E-state index in [1.54, 1.807) is 24.7 Å². The maximum absolute atomic E-state index is 13.6. The molecule has 5 aromatic rings. The minimum atomic E-state index is -0.160. The highest BCUT2D eigenvalue weighted by molar-refractivity contribution is 7.80. The van der Waals surface area contributed by atoms with Gasteiger partial charge in [0.1, 0.15) is 0 Å². The predicted octanol–water partition coefficient (Wildman–Crippen LogP) is 7.58. The topological polar surface area (TPSA) is 86.0 Å². The van der Waals surface area contributed by atoms with Gasteiger partial charge < -0.3 is 20.1 Å². The summed E-state index contributed by atoms with van der Waals surface area (Å²) in [5, 5.41) is 19.4. The summed E-state index contributed by atoms with van der Waals surface area (Å²) < 4.78 is 1.97. The zero-order chi connectivity index (χ0) is 32.5. The van der Waals surface area contributed by atoms with Crippen molar-refractivity contribution in [2.75, 3.05) is 11.9 Å². The maximum atomic E-state index is 13.6. The van der Waals surface area contributed by atoms with Crippen LogP contribution in [-0.2, 0) is 24.3 Å². The van der Waals surface area contributed by atoms with E-state index in [2.05, 4.69) is 76.8 Å². The lowest BCUT2D eigenvalue weighted by atomic mass is 9.97. The first kappa shape index (κ1) is 32.7. The number of carbonyl (C=O) groups excluding carboxylic acids is 1. The Morgan fingerprint density at radius 1 is 1.04 bits per heavy atom. The van der Waals surface area contributed by atoms with Crippen molar-refractivity contribution in [1.82, 2.24) is 19.8 Å². The van der Waals surface area contributed by atoms with E-state index in [-0.39, 0.29) is 24.3 Å². The number of benzene rings is 4. The Labute approximate surface area is 280 Å². The van der Waals surface area contributed by atoms with Gasteiger partial charge in [-0.2, -0.15) is 5.26 Å². The number of amides is 1. The average Bonchev–Trinajstić information content (AvgIpc) is 3.50. The number of nitriles is 1. The minimum Gasteiger partial charge on any atom is -0.351 e. The first-order valence-corrected chi connectivity index (χ1v) is 16.2. The third kappa shape index (κ3) is 8.51. The molecule has 0 aliphatic carbocycles. The normalized spacial score (nSPS) is 12.2. The second-order valence-electron chi connectivity index (χ2n) is 11.5. The molecule has 1 heterocycles. The maximum Gasteiger partial charge on any atom is 0.226 e. The van der Waals surface area contributed by atoms with Crippen LogP contribution in [0.5, 0.6) is 0 Å². The molecule has 234 valence electrons. The lowest BCUT2D eigenvalue weighted by Gasteiger charge is -2.33. The number of hydrogen-bond donors (Lipinski definition) is 2. The summed E-state index contributed by atoms with van der Waals surface area (Å²) in [5.74, 6) is 0.120. The van der Waals surface area contributed by atoms with Crippen LogP contribution in [0.1, 0.15) is 42.7 Å². The molecule has 46 heavy (non-hydrogen) atoms. The van der Waals surface area contributed by atoms with Gasteiger partial charge in [-0.15, -0.1) is 0 Å². The fraction of sp³-hybridized carbons (Fsp3) is 0.243. The van der Waals surface area contributed by atoms with Crippen LogP contribution in [0, 0.1) is 17.2 Å². The Balaban J connectivity index is 1.34. The summed E-state index contributed by atoms with van der Waals surface area (Å²) >= 11 is 12.1. The van der Waals surface area contributed by atoms with Gasteiger partial charge in [-0.3, -0.25) is 4.79 Å². The van der Waals surface area contributed by atoms with Crippen molar-refractivity contribution in [2.24, 2.45) is 5.92 Å². The molecular formula is C37H37ClN6OS. The van der Waals surface area contributed by atoms with Crippen molar-refractivity contribution in [2.45, 2.75) is 45.8 Å². The lowest BCUT2D eigenvalue weighted by Crippen LogP contribution is -2.50. The van der Waals surface area contributed by atoms with Gasteiger partial charge in [0.05, 0.1) is 24.4 Å². The predicted molar refractivity (Wildman–Crippen MR) is 190 cm³/mol. The second kappa shape index (κ2) is 15.5. The molecule has 0 saturated carbocycles. The Hall–Kier alpha value is -4.71. The molecule has 2 N–H and O–H groups in total. The molecule has 0 unspecified atom stereocenters. The molecular weight excluding hydrogens is 612 g/mol. The van der Waals surface area contributed by atoms with Gasteiger partial charge >= 0.3 is 0 Å². The Morgan fingerprint density at radius 2 is 1.78 bits per heavy atom. The van der Waals surface area contributed by atoms with Gasteiger partial charge in [0, 0.05) is 48.3 Å². The molecule has 0 aliphatic heterocycles. The highest BCUT2D eigenvalue weighted by Crippen LogP contribution is 2.22. The lowest BCUT2D eigenvalue weighted by molar-refractivity contribution is -0.121. The fourth-order valence-electron chi connectivity index (χ4n) is 5.42. The van der Waals surface area contributed by atoms with Crippen molar-refractivity contribution in [3.05, 3.63) is 131 Å².